The lowest BCUT2D eigenvalue weighted by Crippen LogP contribution is -2.20. The minimum absolute atomic E-state index is 0.0316. The maximum absolute atomic E-state index is 12.4. The predicted molar refractivity (Wildman–Crippen MR) is 107 cm³/mol. The summed E-state index contributed by atoms with van der Waals surface area (Å²) in [7, 11) is 0. The Morgan fingerprint density at radius 3 is 2.93 bits per heavy atom. The summed E-state index contributed by atoms with van der Waals surface area (Å²) < 4.78 is 10.8. The summed E-state index contributed by atoms with van der Waals surface area (Å²) in [4.78, 5) is 41.2. The molecule has 3 heterocycles. The Labute approximate surface area is 170 Å². The summed E-state index contributed by atoms with van der Waals surface area (Å²) in [6, 6.07) is 8.84. The largest absolute Gasteiger partial charge is 0.457 e. The van der Waals surface area contributed by atoms with Crippen LogP contribution in [0.4, 0.5) is 5.69 Å². The number of nitrogens with one attached hydrogen (secondary N) is 1. The molecular weight excluding hydrogens is 392 g/mol. The third kappa shape index (κ3) is 4.27. The van der Waals surface area contributed by atoms with E-state index < -0.39 is 5.97 Å². The van der Waals surface area contributed by atoms with Crippen molar-refractivity contribution in [2.45, 2.75) is 26.2 Å². The highest BCUT2D eigenvalue weighted by molar-refractivity contribution is 7.13. The van der Waals surface area contributed by atoms with Crippen LogP contribution in [-0.4, -0.2) is 29.3 Å². The number of oxazole rings is 1. The lowest BCUT2D eigenvalue weighted by Gasteiger charge is -2.17. The number of carbonyl (C=O) groups is 3. The number of ketones is 1. The average molecular weight is 410 g/mol. The normalized spacial score (nSPS) is 12.9. The van der Waals surface area contributed by atoms with E-state index in [2.05, 4.69) is 10.3 Å². The summed E-state index contributed by atoms with van der Waals surface area (Å²) >= 11 is 1.50. The number of aromatic nitrogens is 1. The zero-order valence-corrected chi connectivity index (χ0v) is 16.5. The number of fused-ring (bicyclic) bond motifs is 1. The van der Waals surface area contributed by atoms with Crippen molar-refractivity contribution in [2.75, 3.05) is 11.9 Å². The van der Waals surface area contributed by atoms with Crippen molar-refractivity contribution in [1.82, 2.24) is 4.98 Å². The Kier molecular flexibility index (Phi) is 5.26. The molecule has 0 spiro atoms. The van der Waals surface area contributed by atoms with Gasteiger partial charge in [-0.2, -0.15) is 0 Å². The Morgan fingerprint density at radius 2 is 2.14 bits per heavy atom. The first-order valence-corrected chi connectivity index (χ1v) is 9.99. The fourth-order valence-electron chi connectivity index (χ4n) is 3.07. The highest BCUT2D eigenvalue weighted by atomic mass is 32.1. The Balaban J connectivity index is 1.35. The molecular formula is C21H18N2O5S. The molecule has 3 aromatic rings. The molecule has 0 atom stereocenters. The molecule has 8 heteroatoms. The molecule has 1 aliphatic heterocycles. The molecule has 29 heavy (non-hydrogen) atoms. The average Bonchev–Trinajstić information content (AvgIpc) is 3.36. The summed E-state index contributed by atoms with van der Waals surface area (Å²) in [5, 5.41) is 4.69. The number of ether oxygens (including phenoxy) is 1. The lowest BCUT2D eigenvalue weighted by atomic mass is 9.99. The van der Waals surface area contributed by atoms with E-state index in [1.807, 2.05) is 17.5 Å². The second-order valence-corrected chi connectivity index (χ2v) is 7.63. The van der Waals surface area contributed by atoms with Gasteiger partial charge in [-0.25, -0.2) is 4.98 Å². The summed E-state index contributed by atoms with van der Waals surface area (Å²) in [5.74, 6) is 0.147. The molecule has 1 amide bonds. The third-order valence-electron chi connectivity index (χ3n) is 4.62. The highest BCUT2D eigenvalue weighted by Gasteiger charge is 2.19. The summed E-state index contributed by atoms with van der Waals surface area (Å²) in [6.45, 7) is 1.39. The number of benzene rings is 1. The number of thiophene rings is 1. The van der Waals surface area contributed by atoms with E-state index in [0.717, 1.165) is 16.1 Å². The van der Waals surface area contributed by atoms with E-state index in [4.69, 9.17) is 9.15 Å². The van der Waals surface area contributed by atoms with Crippen LogP contribution in [0.1, 0.15) is 33.8 Å². The van der Waals surface area contributed by atoms with Gasteiger partial charge in [-0.05, 0) is 48.6 Å². The standard InChI is InChI=1S/C21H18N2O5S/c1-12-16(23-21(28-12)18-3-2-8-29-18)10-20(26)27-11-17(24)14-4-6-15-13(9-14)5-7-19(25)22-15/h2-4,6,8-9H,5,7,10-11H2,1H3,(H,22,25). The van der Waals surface area contributed by atoms with E-state index in [1.54, 1.807) is 25.1 Å². The van der Waals surface area contributed by atoms with Gasteiger partial charge in [-0.3, -0.25) is 14.4 Å². The molecule has 1 aliphatic rings. The third-order valence-corrected chi connectivity index (χ3v) is 5.48. The SMILES string of the molecule is Cc1oc(-c2cccs2)nc1CC(=O)OCC(=O)c1ccc2c(c1)CCC(=O)N2. The summed E-state index contributed by atoms with van der Waals surface area (Å²) in [5.41, 5.74) is 2.57. The molecule has 1 N–H and O–H groups in total. The van der Waals surface area contributed by atoms with Crippen molar-refractivity contribution >= 4 is 34.7 Å². The van der Waals surface area contributed by atoms with Gasteiger partial charge in [0.15, 0.2) is 12.4 Å². The number of esters is 1. The quantitative estimate of drug-likeness (QED) is 0.493. The monoisotopic (exact) mass is 410 g/mol. The van der Waals surface area contributed by atoms with Gasteiger partial charge in [-0.15, -0.1) is 11.3 Å². The molecule has 0 unspecified atom stereocenters. The number of hydrogen-bond donors (Lipinski definition) is 1. The zero-order valence-electron chi connectivity index (χ0n) is 15.7. The maximum Gasteiger partial charge on any atom is 0.312 e. The molecule has 7 nitrogen and oxygen atoms in total. The van der Waals surface area contributed by atoms with Crippen molar-refractivity contribution in [3.63, 3.8) is 0 Å². The number of hydrogen-bond acceptors (Lipinski definition) is 7. The molecule has 2 aromatic heterocycles. The van der Waals surface area contributed by atoms with Gasteiger partial charge in [0.05, 0.1) is 17.0 Å². The number of anilines is 1. The minimum Gasteiger partial charge on any atom is -0.457 e. The molecule has 0 fully saturated rings. The van der Waals surface area contributed by atoms with Gasteiger partial charge in [0.2, 0.25) is 11.8 Å². The molecule has 0 radical (unpaired) electrons. The van der Waals surface area contributed by atoms with Crippen LogP contribution in [0.5, 0.6) is 0 Å². The van der Waals surface area contributed by atoms with Crippen molar-refractivity contribution in [2.24, 2.45) is 0 Å². The van der Waals surface area contributed by atoms with Gasteiger partial charge in [0, 0.05) is 17.7 Å². The van der Waals surface area contributed by atoms with Gasteiger partial charge >= 0.3 is 5.97 Å². The van der Waals surface area contributed by atoms with Crippen LogP contribution >= 0.6 is 11.3 Å². The molecule has 4 rings (SSSR count). The van der Waals surface area contributed by atoms with Crippen LogP contribution in [0.3, 0.4) is 0 Å². The van der Waals surface area contributed by atoms with Crippen LogP contribution in [0, 0.1) is 6.92 Å². The van der Waals surface area contributed by atoms with Crippen molar-refractivity contribution in [3.8, 4) is 10.8 Å². The smallest absolute Gasteiger partial charge is 0.312 e. The van der Waals surface area contributed by atoms with Crippen LogP contribution in [0.25, 0.3) is 10.8 Å². The first kappa shape index (κ1) is 19.1. The zero-order chi connectivity index (χ0) is 20.4. The number of aryl methyl sites for hydroxylation is 2. The number of carbonyl (C=O) groups excluding carboxylic acids is 3. The van der Waals surface area contributed by atoms with Gasteiger partial charge < -0.3 is 14.5 Å². The van der Waals surface area contributed by atoms with Crippen molar-refractivity contribution < 1.29 is 23.5 Å². The number of amides is 1. The van der Waals surface area contributed by atoms with Crippen LogP contribution in [0.15, 0.2) is 40.1 Å². The summed E-state index contributed by atoms with van der Waals surface area (Å²) in [6.07, 6.45) is 0.911. The van der Waals surface area contributed by atoms with Gasteiger partial charge in [0.25, 0.3) is 0 Å². The van der Waals surface area contributed by atoms with Gasteiger partial charge in [-0.1, -0.05) is 6.07 Å². The van der Waals surface area contributed by atoms with E-state index in [1.165, 1.54) is 11.3 Å². The minimum atomic E-state index is -0.544. The lowest BCUT2D eigenvalue weighted by molar-refractivity contribution is -0.141. The van der Waals surface area contributed by atoms with Crippen molar-refractivity contribution in [3.05, 3.63) is 58.3 Å². The van der Waals surface area contributed by atoms with Crippen LogP contribution in [-0.2, 0) is 27.2 Å². The van der Waals surface area contributed by atoms with Crippen LogP contribution < -0.4 is 5.32 Å². The molecule has 0 saturated heterocycles. The maximum atomic E-state index is 12.4. The first-order valence-electron chi connectivity index (χ1n) is 9.11. The van der Waals surface area contributed by atoms with Crippen LogP contribution in [0.2, 0.25) is 0 Å². The van der Waals surface area contributed by atoms with E-state index in [-0.39, 0.29) is 24.7 Å². The Morgan fingerprint density at radius 1 is 1.28 bits per heavy atom. The fraction of sp³-hybridized carbons (Fsp3) is 0.238. The molecule has 0 saturated carbocycles. The molecule has 0 bridgehead atoms. The van der Waals surface area contributed by atoms with Crippen molar-refractivity contribution in [1.29, 1.82) is 0 Å². The second-order valence-electron chi connectivity index (χ2n) is 6.68. The number of rotatable bonds is 6. The number of Topliss-reactive ketones (excluding diaryl/α,β-unsaturated/α-hetero) is 1. The van der Waals surface area contributed by atoms with E-state index in [9.17, 15) is 14.4 Å². The first-order chi connectivity index (χ1) is 14.0. The molecule has 0 aliphatic carbocycles. The molecule has 148 valence electrons. The topological polar surface area (TPSA) is 98.5 Å². The second kappa shape index (κ2) is 8.00. The molecule has 1 aromatic carbocycles. The predicted octanol–water partition coefficient (Wildman–Crippen LogP) is 3.56. The van der Waals surface area contributed by atoms with Gasteiger partial charge in [0.1, 0.15) is 5.76 Å². The fourth-order valence-corrected chi connectivity index (χ4v) is 3.72. The van der Waals surface area contributed by atoms with E-state index in [0.29, 0.717) is 35.7 Å². The van der Waals surface area contributed by atoms with E-state index >= 15 is 0 Å². The highest BCUT2D eigenvalue weighted by Crippen LogP contribution is 2.26. The Hall–Kier alpha value is -3.26. The Bertz CT molecular complexity index is 1080. The number of nitrogens with zero attached hydrogens (tertiary/aromatic N) is 1.